The maximum atomic E-state index is 11.7. The van der Waals surface area contributed by atoms with Gasteiger partial charge in [0.05, 0.1) is 11.5 Å². The van der Waals surface area contributed by atoms with Crippen molar-refractivity contribution in [1.29, 1.82) is 0 Å². The third kappa shape index (κ3) is 2.38. The SMILES string of the molecule is O=c1c(Cl)nccn1Cc1ccccc1[N+](=O)[O-]. The topological polar surface area (TPSA) is 78.0 Å². The maximum Gasteiger partial charge on any atom is 0.288 e. The van der Waals surface area contributed by atoms with Gasteiger partial charge in [0.25, 0.3) is 11.2 Å². The fraction of sp³-hybridized carbons (Fsp3) is 0.0909. The molecule has 0 bridgehead atoms. The van der Waals surface area contributed by atoms with E-state index >= 15 is 0 Å². The molecule has 0 aliphatic carbocycles. The van der Waals surface area contributed by atoms with E-state index in [-0.39, 0.29) is 17.4 Å². The average Bonchev–Trinajstić information content (AvgIpc) is 2.35. The molecule has 0 amide bonds. The molecule has 0 saturated carbocycles. The van der Waals surface area contributed by atoms with Gasteiger partial charge in [-0.3, -0.25) is 14.9 Å². The molecule has 1 aromatic carbocycles. The largest absolute Gasteiger partial charge is 0.307 e. The number of nitrogens with zero attached hydrogens (tertiary/aromatic N) is 3. The average molecular weight is 266 g/mol. The van der Waals surface area contributed by atoms with Gasteiger partial charge in [-0.15, -0.1) is 0 Å². The van der Waals surface area contributed by atoms with Crippen molar-refractivity contribution in [2.45, 2.75) is 6.54 Å². The van der Waals surface area contributed by atoms with Crippen LogP contribution in [0.1, 0.15) is 5.56 Å². The van der Waals surface area contributed by atoms with Crippen molar-refractivity contribution in [2.75, 3.05) is 0 Å². The Labute approximate surface area is 107 Å². The molecule has 0 aliphatic heterocycles. The lowest BCUT2D eigenvalue weighted by atomic mass is 10.2. The highest BCUT2D eigenvalue weighted by Crippen LogP contribution is 2.18. The third-order valence-electron chi connectivity index (χ3n) is 2.40. The summed E-state index contributed by atoms with van der Waals surface area (Å²) in [6.45, 7) is 0.0816. The predicted octanol–water partition coefficient (Wildman–Crippen LogP) is 1.85. The van der Waals surface area contributed by atoms with E-state index in [0.717, 1.165) is 0 Å². The molecule has 1 heterocycles. The molecule has 6 nitrogen and oxygen atoms in total. The Morgan fingerprint density at radius 2 is 2.11 bits per heavy atom. The zero-order chi connectivity index (χ0) is 13.1. The van der Waals surface area contributed by atoms with Crippen LogP contribution in [-0.2, 0) is 6.54 Å². The van der Waals surface area contributed by atoms with Gasteiger partial charge in [0.15, 0.2) is 5.15 Å². The molecule has 0 unspecified atom stereocenters. The van der Waals surface area contributed by atoms with Crippen molar-refractivity contribution in [1.82, 2.24) is 9.55 Å². The van der Waals surface area contributed by atoms with Crippen LogP contribution in [-0.4, -0.2) is 14.5 Å². The van der Waals surface area contributed by atoms with E-state index in [1.807, 2.05) is 0 Å². The van der Waals surface area contributed by atoms with Crippen LogP contribution in [0.5, 0.6) is 0 Å². The van der Waals surface area contributed by atoms with Crippen molar-refractivity contribution in [3.63, 3.8) is 0 Å². The van der Waals surface area contributed by atoms with Crippen molar-refractivity contribution in [2.24, 2.45) is 0 Å². The summed E-state index contributed by atoms with van der Waals surface area (Å²) >= 11 is 5.60. The predicted molar refractivity (Wildman–Crippen MR) is 65.7 cm³/mol. The Hall–Kier alpha value is -2.21. The number of nitro benzene ring substituents is 1. The van der Waals surface area contributed by atoms with E-state index in [2.05, 4.69) is 4.98 Å². The first kappa shape index (κ1) is 12.3. The van der Waals surface area contributed by atoms with Gasteiger partial charge < -0.3 is 4.57 Å². The number of rotatable bonds is 3. The molecule has 0 saturated heterocycles. The van der Waals surface area contributed by atoms with Gasteiger partial charge in [-0.2, -0.15) is 0 Å². The number of aromatic nitrogens is 2. The van der Waals surface area contributed by atoms with Crippen LogP contribution in [0.4, 0.5) is 5.69 Å². The number of para-hydroxylation sites is 1. The maximum absolute atomic E-state index is 11.7. The zero-order valence-electron chi connectivity index (χ0n) is 9.12. The quantitative estimate of drug-likeness (QED) is 0.627. The molecular weight excluding hydrogens is 258 g/mol. The van der Waals surface area contributed by atoms with Gasteiger partial charge in [-0.1, -0.05) is 29.8 Å². The Bertz CT molecular complexity index is 654. The highest BCUT2D eigenvalue weighted by Gasteiger charge is 2.13. The zero-order valence-corrected chi connectivity index (χ0v) is 9.87. The first-order chi connectivity index (χ1) is 8.59. The van der Waals surface area contributed by atoms with E-state index < -0.39 is 10.5 Å². The van der Waals surface area contributed by atoms with E-state index in [1.165, 1.54) is 23.0 Å². The van der Waals surface area contributed by atoms with Crippen LogP contribution in [0.2, 0.25) is 5.15 Å². The van der Waals surface area contributed by atoms with Crippen molar-refractivity contribution >= 4 is 17.3 Å². The van der Waals surface area contributed by atoms with E-state index in [9.17, 15) is 14.9 Å². The van der Waals surface area contributed by atoms with Crippen molar-refractivity contribution in [3.8, 4) is 0 Å². The molecule has 18 heavy (non-hydrogen) atoms. The van der Waals surface area contributed by atoms with E-state index in [1.54, 1.807) is 18.2 Å². The van der Waals surface area contributed by atoms with Crippen LogP contribution in [0.25, 0.3) is 0 Å². The van der Waals surface area contributed by atoms with Crippen LogP contribution in [0, 0.1) is 10.1 Å². The van der Waals surface area contributed by atoms with Crippen molar-refractivity contribution in [3.05, 3.63) is 67.8 Å². The molecule has 0 aliphatic rings. The number of nitro groups is 1. The molecule has 0 fully saturated rings. The first-order valence-electron chi connectivity index (χ1n) is 5.03. The van der Waals surface area contributed by atoms with Gasteiger partial charge in [0.2, 0.25) is 0 Å². The fourth-order valence-corrected chi connectivity index (χ4v) is 1.72. The fourth-order valence-electron chi connectivity index (χ4n) is 1.55. The number of hydrogen-bond donors (Lipinski definition) is 0. The van der Waals surface area contributed by atoms with Gasteiger partial charge in [-0.05, 0) is 0 Å². The lowest BCUT2D eigenvalue weighted by Crippen LogP contribution is -2.21. The second-order valence-corrected chi connectivity index (χ2v) is 3.89. The Kier molecular flexibility index (Phi) is 3.38. The second-order valence-electron chi connectivity index (χ2n) is 3.54. The van der Waals surface area contributed by atoms with E-state index in [4.69, 9.17) is 11.6 Å². The minimum atomic E-state index is -0.483. The standard InChI is InChI=1S/C11H8ClN3O3/c12-10-11(16)14(6-5-13-10)7-8-3-1-2-4-9(8)15(17)18/h1-6H,7H2. The second kappa shape index (κ2) is 4.97. The molecule has 0 N–H and O–H groups in total. The van der Waals surface area contributed by atoms with Gasteiger partial charge >= 0.3 is 0 Å². The van der Waals surface area contributed by atoms with Crippen LogP contribution >= 0.6 is 11.6 Å². The molecule has 0 spiro atoms. The summed E-state index contributed by atoms with van der Waals surface area (Å²) in [6.07, 6.45) is 2.81. The Balaban J connectivity index is 2.44. The minimum Gasteiger partial charge on any atom is -0.307 e. The highest BCUT2D eigenvalue weighted by molar-refractivity contribution is 6.29. The molecular formula is C11H8ClN3O3. The lowest BCUT2D eigenvalue weighted by molar-refractivity contribution is -0.385. The summed E-state index contributed by atoms with van der Waals surface area (Å²) in [5.74, 6) is 0. The summed E-state index contributed by atoms with van der Waals surface area (Å²) in [5.41, 5.74) is -0.0680. The van der Waals surface area contributed by atoms with E-state index in [0.29, 0.717) is 5.56 Å². The summed E-state index contributed by atoms with van der Waals surface area (Å²) in [7, 11) is 0. The van der Waals surface area contributed by atoms with Crippen LogP contribution in [0.15, 0.2) is 41.5 Å². The van der Waals surface area contributed by atoms with Crippen LogP contribution in [0.3, 0.4) is 0 Å². The Morgan fingerprint density at radius 3 is 2.83 bits per heavy atom. The van der Waals surface area contributed by atoms with Gasteiger partial charge in [0.1, 0.15) is 0 Å². The normalized spacial score (nSPS) is 10.3. The highest BCUT2D eigenvalue weighted by atomic mass is 35.5. The van der Waals surface area contributed by atoms with Gasteiger partial charge in [0, 0.05) is 24.0 Å². The molecule has 92 valence electrons. The summed E-state index contributed by atoms with van der Waals surface area (Å²) in [6, 6.07) is 6.24. The monoisotopic (exact) mass is 265 g/mol. The smallest absolute Gasteiger partial charge is 0.288 e. The minimum absolute atomic E-state index is 0.0302. The summed E-state index contributed by atoms with van der Waals surface area (Å²) in [5, 5.41) is 10.7. The molecule has 2 aromatic rings. The molecule has 7 heteroatoms. The molecule has 0 atom stereocenters. The Morgan fingerprint density at radius 1 is 1.39 bits per heavy atom. The van der Waals surface area contributed by atoms with Crippen LogP contribution < -0.4 is 5.56 Å². The lowest BCUT2D eigenvalue weighted by Gasteiger charge is -2.05. The number of hydrogen-bond acceptors (Lipinski definition) is 4. The van der Waals surface area contributed by atoms with Gasteiger partial charge in [-0.25, -0.2) is 4.98 Å². The number of benzene rings is 1. The molecule has 0 radical (unpaired) electrons. The molecule has 2 rings (SSSR count). The molecule has 1 aromatic heterocycles. The van der Waals surface area contributed by atoms with Crippen molar-refractivity contribution < 1.29 is 4.92 Å². The summed E-state index contributed by atoms with van der Waals surface area (Å²) < 4.78 is 1.28. The third-order valence-corrected chi connectivity index (χ3v) is 2.66. The summed E-state index contributed by atoms with van der Waals surface area (Å²) in [4.78, 5) is 25.7. The first-order valence-corrected chi connectivity index (χ1v) is 5.40. The number of halogens is 1.